The van der Waals surface area contributed by atoms with Crippen LogP contribution in [0.25, 0.3) is 0 Å². The van der Waals surface area contributed by atoms with Gasteiger partial charge in [0.1, 0.15) is 5.82 Å². The van der Waals surface area contributed by atoms with Crippen LogP contribution < -0.4 is 10.2 Å². The Morgan fingerprint density at radius 2 is 1.92 bits per heavy atom. The van der Waals surface area contributed by atoms with Crippen LogP contribution in [0.2, 0.25) is 0 Å². The molecular formula is C19H24N4O2. The van der Waals surface area contributed by atoms with Crippen molar-refractivity contribution in [3.05, 3.63) is 41.1 Å². The van der Waals surface area contributed by atoms with Crippen molar-refractivity contribution < 1.29 is 9.59 Å². The zero-order valence-corrected chi connectivity index (χ0v) is 15.0. The fourth-order valence-corrected chi connectivity index (χ4v) is 3.33. The monoisotopic (exact) mass is 340 g/mol. The highest BCUT2D eigenvalue weighted by Crippen LogP contribution is 2.23. The van der Waals surface area contributed by atoms with Gasteiger partial charge in [0.2, 0.25) is 5.91 Å². The van der Waals surface area contributed by atoms with Gasteiger partial charge in [-0.1, -0.05) is 13.8 Å². The molecule has 1 aliphatic rings. The van der Waals surface area contributed by atoms with E-state index >= 15 is 0 Å². The number of anilines is 2. The second-order valence-corrected chi connectivity index (χ2v) is 6.25. The van der Waals surface area contributed by atoms with E-state index in [1.54, 1.807) is 21.7 Å². The first-order valence-electron chi connectivity index (χ1n) is 8.81. The van der Waals surface area contributed by atoms with Gasteiger partial charge in [0.15, 0.2) is 0 Å². The fourth-order valence-electron chi connectivity index (χ4n) is 3.33. The number of amides is 2. The van der Waals surface area contributed by atoms with Gasteiger partial charge in [-0.15, -0.1) is 0 Å². The van der Waals surface area contributed by atoms with Gasteiger partial charge in [-0.05, 0) is 43.5 Å². The van der Waals surface area contributed by atoms with Crippen LogP contribution >= 0.6 is 0 Å². The first kappa shape index (κ1) is 17.2. The highest BCUT2D eigenvalue weighted by molar-refractivity contribution is 6.04. The van der Waals surface area contributed by atoms with Gasteiger partial charge in [-0.2, -0.15) is 5.10 Å². The van der Waals surface area contributed by atoms with E-state index in [0.29, 0.717) is 12.0 Å². The predicted molar refractivity (Wildman–Crippen MR) is 97.9 cm³/mol. The number of nitrogens with one attached hydrogen (secondary N) is 1. The molecule has 25 heavy (non-hydrogen) atoms. The number of benzene rings is 1. The number of rotatable bonds is 5. The molecule has 1 N–H and O–H groups in total. The number of hydrogen-bond acceptors (Lipinski definition) is 3. The molecule has 1 aromatic carbocycles. The van der Waals surface area contributed by atoms with Crippen molar-refractivity contribution in [2.24, 2.45) is 7.05 Å². The Labute approximate surface area is 147 Å². The molecule has 2 aromatic rings. The van der Waals surface area contributed by atoms with E-state index < -0.39 is 0 Å². The molecule has 2 amide bonds. The zero-order chi connectivity index (χ0) is 18.0. The highest BCUT2D eigenvalue weighted by Gasteiger charge is 2.22. The molecule has 0 radical (unpaired) electrons. The molecule has 2 heterocycles. The third-order valence-electron chi connectivity index (χ3n) is 4.66. The lowest BCUT2D eigenvalue weighted by atomic mass is 10.1. The van der Waals surface area contributed by atoms with Crippen molar-refractivity contribution in [1.29, 1.82) is 0 Å². The molecule has 1 aromatic heterocycles. The number of carbonyl (C=O) groups excluding carboxylic acids is 2. The maximum atomic E-state index is 12.6. The van der Waals surface area contributed by atoms with Crippen LogP contribution in [-0.4, -0.2) is 28.1 Å². The lowest BCUT2D eigenvalue weighted by Crippen LogP contribution is -2.23. The van der Waals surface area contributed by atoms with Gasteiger partial charge in [0, 0.05) is 36.8 Å². The van der Waals surface area contributed by atoms with Gasteiger partial charge >= 0.3 is 0 Å². The van der Waals surface area contributed by atoms with Crippen LogP contribution in [0.4, 0.5) is 11.5 Å². The molecule has 6 heteroatoms. The molecule has 0 aliphatic carbocycles. The average Bonchev–Trinajstić information content (AvgIpc) is 3.18. The molecule has 0 saturated carbocycles. The van der Waals surface area contributed by atoms with E-state index in [1.165, 1.54) is 0 Å². The van der Waals surface area contributed by atoms with Gasteiger partial charge in [0.25, 0.3) is 5.91 Å². The molecule has 0 atom stereocenters. The van der Waals surface area contributed by atoms with E-state index in [4.69, 9.17) is 0 Å². The van der Waals surface area contributed by atoms with Crippen molar-refractivity contribution in [2.45, 2.75) is 39.5 Å². The quantitative estimate of drug-likeness (QED) is 0.910. The minimum Gasteiger partial charge on any atom is -0.312 e. The average molecular weight is 340 g/mol. The van der Waals surface area contributed by atoms with E-state index in [9.17, 15) is 9.59 Å². The van der Waals surface area contributed by atoms with E-state index in [-0.39, 0.29) is 11.8 Å². The number of aromatic nitrogens is 2. The first-order chi connectivity index (χ1) is 12.0. The lowest BCUT2D eigenvalue weighted by Gasteiger charge is -2.16. The molecule has 3 rings (SSSR count). The minimum absolute atomic E-state index is 0.145. The van der Waals surface area contributed by atoms with E-state index in [2.05, 4.69) is 24.3 Å². The fraction of sp³-hybridized carbons (Fsp3) is 0.421. The summed E-state index contributed by atoms with van der Waals surface area (Å²) >= 11 is 0. The highest BCUT2D eigenvalue weighted by atomic mass is 16.2. The summed E-state index contributed by atoms with van der Waals surface area (Å²) < 4.78 is 1.73. The van der Waals surface area contributed by atoms with Crippen molar-refractivity contribution in [3.63, 3.8) is 0 Å². The van der Waals surface area contributed by atoms with Gasteiger partial charge in [-0.3, -0.25) is 14.3 Å². The summed E-state index contributed by atoms with van der Waals surface area (Å²) in [5.74, 6) is 0.731. The van der Waals surface area contributed by atoms with Crippen LogP contribution in [-0.2, 0) is 24.7 Å². The Morgan fingerprint density at radius 3 is 2.48 bits per heavy atom. The number of aryl methyl sites for hydroxylation is 2. The van der Waals surface area contributed by atoms with Gasteiger partial charge < -0.3 is 10.2 Å². The SMILES string of the molecule is CCc1nn(C)c(NC(=O)c2ccc(N3CCCC3=O)cc2)c1CC. The molecule has 1 fully saturated rings. The number of nitrogens with zero attached hydrogens (tertiary/aromatic N) is 3. The lowest BCUT2D eigenvalue weighted by molar-refractivity contribution is -0.117. The summed E-state index contributed by atoms with van der Waals surface area (Å²) in [6.45, 7) is 4.87. The third kappa shape index (κ3) is 3.29. The van der Waals surface area contributed by atoms with Crippen LogP contribution in [0, 0.1) is 0 Å². The van der Waals surface area contributed by atoms with Crippen LogP contribution in [0.15, 0.2) is 24.3 Å². The molecule has 0 spiro atoms. The van der Waals surface area contributed by atoms with Crippen LogP contribution in [0.5, 0.6) is 0 Å². The second-order valence-electron chi connectivity index (χ2n) is 6.25. The summed E-state index contributed by atoms with van der Waals surface area (Å²) in [5, 5.41) is 7.46. The predicted octanol–water partition coefficient (Wildman–Crippen LogP) is 2.92. The molecular weight excluding hydrogens is 316 g/mol. The standard InChI is InChI=1S/C19H24N4O2/c1-4-15-16(5-2)21-22(3)18(15)20-19(25)13-8-10-14(11-9-13)23-12-6-7-17(23)24/h8-11H,4-7,12H2,1-3H3,(H,20,25). The summed E-state index contributed by atoms with van der Waals surface area (Å²) in [4.78, 5) is 26.2. The first-order valence-corrected chi connectivity index (χ1v) is 8.81. The summed E-state index contributed by atoms with van der Waals surface area (Å²) in [5.41, 5.74) is 3.51. The Kier molecular flexibility index (Phi) is 4.88. The normalized spacial score (nSPS) is 14.2. The summed E-state index contributed by atoms with van der Waals surface area (Å²) in [6.07, 6.45) is 3.15. The van der Waals surface area contributed by atoms with Crippen molar-refractivity contribution in [1.82, 2.24) is 9.78 Å². The maximum absolute atomic E-state index is 12.6. The topological polar surface area (TPSA) is 67.2 Å². The minimum atomic E-state index is -0.167. The summed E-state index contributed by atoms with van der Waals surface area (Å²) in [7, 11) is 1.84. The Balaban J connectivity index is 1.78. The smallest absolute Gasteiger partial charge is 0.256 e. The molecule has 1 aliphatic heterocycles. The van der Waals surface area contributed by atoms with Crippen molar-refractivity contribution >= 4 is 23.3 Å². The Hall–Kier alpha value is -2.63. The zero-order valence-electron chi connectivity index (χ0n) is 15.0. The molecule has 0 unspecified atom stereocenters. The second kappa shape index (κ2) is 7.09. The number of carbonyl (C=O) groups is 2. The van der Waals surface area contributed by atoms with Crippen molar-refractivity contribution in [3.8, 4) is 0 Å². The molecule has 0 bridgehead atoms. The van der Waals surface area contributed by atoms with Crippen molar-refractivity contribution in [2.75, 3.05) is 16.8 Å². The largest absolute Gasteiger partial charge is 0.312 e. The van der Waals surface area contributed by atoms with Gasteiger partial charge in [-0.25, -0.2) is 0 Å². The van der Waals surface area contributed by atoms with E-state index in [0.717, 1.165) is 48.6 Å². The van der Waals surface area contributed by atoms with Gasteiger partial charge in [0.05, 0.1) is 5.69 Å². The molecule has 1 saturated heterocycles. The maximum Gasteiger partial charge on any atom is 0.256 e. The molecule has 132 valence electrons. The third-order valence-corrected chi connectivity index (χ3v) is 4.66. The Bertz CT molecular complexity index is 793. The number of hydrogen-bond donors (Lipinski definition) is 1. The van der Waals surface area contributed by atoms with E-state index in [1.807, 2.05) is 19.2 Å². The summed E-state index contributed by atoms with van der Waals surface area (Å²) in [6, 6.07) is 7.19. The molecule has 6 nitrogen and oxygen atoms in total. The Morgan fingerprint density at radius 1 is 1.20 bits per heavy atom. The van der Waals surface area contributed by atoms with Crippen LogP contribution in [0.1, 0.15) is 48.3 Å². The van der Waals surface area contributed by atoms with Crippen LogP contribution in [0.3, 0.4) is 0 Å².